The predicted molar refractivity (Wildman–Crippen MR) is 94.0 cm³/mol. The van der Waals surface area contributed by atoms with Gasteiger partial charge >= 0.3 is 11.9 Å². The Morgan fingerprint density at radius 1 is 1.08 bits per heavy atom. The zero-order valence-corrected chi connectivity index (χ0v) is 14.6. The third-order valence-electron chi connectivity index (χ3n) is 3.81. The fraction of sp³-hybridized carbons (Fsp3) is 0.263. The number of nitrogens with zero attached hydrogens (tertiary/aromatic N) is 1. The summed E-state index contributed by atoms with van der Waals surface area (Å²) in [6, 6.07) is 5.14. The number of hydrogen-bond donors (Lipinski definition) is 1. The zero-order valence-electron chi connectivity index (χ0n) is 14.6. The Balaban J connectivity index is 2.71. The first-order valence-corrected chi connectivity index (χ1v) is 7.78. The summed E-state index contributed by atoms with van der Waals surface area (Å²) < 4.78 is 9.62. The largest absolute Gasteiger partial charge is 0.506 e. The van der Waals surface area contributed by atoms with Crippen LogP contribution in [0.5, 0.6) is 5.75 Å². The molecule has 1 aliphatic heterocycles. The number of anilines is 1. The molecule has 0 amide bonds. The SMILES string of the molecule is COC(=O)C1=C(C(=O)OC)N(c2cc(C(C)C)ccc2O)C=CC=C1. The molecule has 1 N–H and O–H groups in total. The lowest BCUT2D eigenvalue weighted by molar-refractivity contribution is -0.139. The zero-order chi connectivity index (χ0) is 18.6. The van der Waals surface area contributed by atoms with Crippen molar-refractivity contribution in [1.29, 1.82) is 0 Å². The van der Waals surface area contributed by atoms with Crippen LogP contribution in [0.25, 0.3) is 0 Å². The maximum atomic E-state index is 12.4. The Morgan fingerprint density at radius 2 is 1.76 bits per heavy atom. The van der Waals surface area contributed by atoms with Gasteiger partial charge in [0, 0.05) is 6.20 Å². The Bertz CT molecular complexity index is 774. The van der Waals surface area contributed by atoms with Crippen molar-refractivity contribution in [3.05, 3.63) is 59.5 Å². The summed E-state index contributed by atoms with van der Waals surface area (Å²) in [5.74, 6) is -1.20. The van der Waals surface area contributed by atoms with Crippen LogP contribution in [-0.2, 0) is 19.1 Å². The fourth-order valence-corrected chi connectivity index (χ4v) is 2.44. The van der Waals surface area contributed by atoms with E-state index in [1.54, 1.807) is 30.5 Å². The number of hydrogen-bond acceptors (Lipinski definition) is 6. The van der Waals surface area contributed by atoms with E-state index in [0.717, 1.165) is 5.56 Å². The van der Waals surface area contributed by atoms with E-state index in [4.69, 9.17) is 9.47 Å². The Morgan fingerprint density at radius 3 is 2.36 bits per heavy atom. The maximum absolute atomic E-state index is 12.4. The van der Waals surface area contributed by atoms with Gasteiger partial charge in [0.2, 0.25) is 0 Å². The number of phenolic OH excluding ortho intramolecular Hbond substituents is 1. The number of rotatable bonds is 4. The summed E-state index contributed by atoms with van der Waals surface area (Å²) in [5.41, 5.74) is 1.35. The van der Waals surface area contributed by atoms with Crippen LogP contribution in [0.4, 0.5) is 5.69 Å². The smallest absolute Gasteiger partial charge is 0.355 e. The number of ether oxygens (including phenoxy) is 2. The van der Waals surface area contributed by atoms with Crippen molar-refractivity contribution in [1.82, 2.24) is 0 Å². The van der Waals surface area contributed by atoms with Crippen molar-refractivity contribution in [3.63, 3.8) is 0 Å². The number of methoxy groups -OCH3 is 2. The number of phenols is 1. The van der Waals surface area contributed by atoms with Crippen LogP contribution in [0.15, 0.2) is 53.9 Å². The second-order valence-corrected chi connectivity index (χ2v) is 5.72. The van der Waals surface area contributed by atoms with Crippen LogP contribution in [0.3, 0.4) is 0 Å². The molecule has 6 heteroatoms. The van der Waals surface area contributed by atoms with Gasteiger partial charge in [0.05, 0.1) is 25.5 Å². The van der Waals surface area contributed by atoms with E-state index < -0.39 is 11.9 Å². The van der Waals surface area contributed by atoms with Crippen molar-refractivity contribution in [2.24, 2.45) is 0 Å². The Hall–Kier alpha value is -3.02. The fourth-order valence-electron chi connectivity index (χ4n) is 2.44. The molecule has 1 aromatic carbocycles. The molecule has 0 atom stereocenters. The van der Waals surface area contributed by atoms with Gasteiger partial charge in [0.25, 0.3) is 0 Å². The van der Waals surface area contributed by atoms with Crippen molar-refractivity contribution >= 4 is 17.6 Å². The quantitative estimate of drug-likeness (QED) is 0.847. The summed E-state index contributed by atoms with van der Waals surface area (Å²) in [4.78, 5) is 25.9. The van der Waals surface area contributed by atoms with E-state index in [0.29, 0.717) is 5.69 Å². The minimum atomic E-state index is -0.717. The molecule has 1 heterocycles. The van der Waals surface area contributed by atoms with E-state index in [-0.39, 0.29) is 22.9 Å². The van der Waals surface area contributed by atoms with Crippen LogP contribution < -0.4 is 4.90 Å². The lowest BCUT2D eigenvalue weighted by Crippen LogP contribution is -2.27. The van der Waals surface area contributed by atoms with Crippen LogP contribution in [-0.4, -0.2) is 31.3 Å². The molecule has 0 bridgehead atoms. The predicted octanol–water partition coefficient (Wildman–Crippen LogP) is 3.01. The lowest BCUT2D eigenvalue weighted by atomic mass is 10.0. The van der Waals surface area contributed by atoms with E-state index in [1.165, 1.54) is 25.2 Å². The molecule has 0 saturated carbocycles. The minimum Gasteiger partial charge on any atom is -0.506 e. The van der Waals surface area contributed by atoms with Gasteiger partial charge in [-0.3, -0.25) is 0 Å². The average Bonchev–Trinajstić information content (AvgIpc) is 2.83. The second-order valence-electron chi connectivity index (χ2n) is 5.72. The van der Waals surface area contributed by atoms with E-state index in [1.807, 2.05) is 19.9 Å². The Labute approximate surface area is 146 Å². The summed E-state index contributed by atoms with van der Waals surface area (Å²) in [5, 5.41) is 10.3. The second kappa shape index (κ2) is 7.70. The van der Waals surface area contributed by atoms with E-state index >= 15 is 0 Å². The van der Waals surface area contributed by atoms with Gasteiger partial charge in [0.1, 0.15) is 11.4 Å². The van der Waals surface area contributed by atoms with Crippen molar-refractivity contribution in [2.45, 2.75) is 19.8 Å². The average molecular weight is 343 g/mol. The highest BCUT2D eigenvalue weighted by atomic mass is 16.5. The van der Waals surface area contributed by atoms with Gasteiger partial charge in [-0.05, 0) is 35.8 Å². The third-order valence-corrected chi connectivity index (χ3v) is 3.81. The molecule has 0 unspecified atom stereocenters. The normalized spacial score (nSPS) is 13.9. The Kier molecular flexibility index (Phi) is 5.64. The van der Waals surface area contributed by atoms with E-state index in [2.05, 4.69) is 0 Å². The number of benzene rings is 1. The molecule has 1 aliphatic rings. The van der Waals surface area contributed by atoms with Gasteiger partial charge in [0.15, 0.2) is 0 Å². The number of carbonyl (C=O) groups is 2. The van der Waals surface area contributed by atoms with Gasteiger partial charge in [-0.25, -0.2) is 9.59 Å². The molecule has 0 aromatic heterocycles. The minimum absolute atomic E-state index is 0.0263. The van der Waals surface area contributed by atoms with Crippen LogP contribution in [0.1, 0.15) is 25.3 Å². The molecule has 0 radical (unpaired) electrons. The standard InChI is InChI=1S/C19H21NO5/c1-12(2)13-8-9-16(21)15(11-13)20-10-6-5-7-14(18(22)24-3)17(20)19(23)25-4/h5-12,21H,1-4H3. The molecule has 2 rings (SSSR count). The molecule has 0 spiro atoms. The number of esters is 2. The third kappa shape index (κ3) is 3.74. The molecule has 0 fully saturated rings. The van der Waals surface area contributed by atoms with Crippen LogP contribution >= 0.6 is 0 Å². The first-order chi connectivity index (χ1) is 11.9. The van der Waals surface area contributed by atoms with Crippen molar-refractivity contribution in [2.75, 3.05) is 19.1 Å². The van der Waals surface area contributed by atoms with E-state index in [9.17, 15) is 14.7 Å². The van der Waals surface area contributed by atoms with Gasteiger partial charge < -0.3 is 19.5 Å². The number of allylic oxidation sites excluding steroid dienone is 2. The van der Waals surface area contributed by atoms with Gasteiger partial charge in [-0.2, -0.15) is 0 Å². The van der Waals surface area contributed by atoms with Gasteiger partial charge in [-0.1, -0.05) is 26.0 Å². The molecular formula is C19H21NO5. The van der Waals surface area contributed by atoms with Crippen LogP contribution in [0, 0.1) is 0 Å². The monoisotopic (exact) mass is 343 g/mol. The number of carbonyl (C=O) groups excluding carboxylic acids is 2. The summed E-state index contributed by atoms with van der Waals surface area (Å²) in [7, 11) is 2.46. The number of aromatic hydroxyl groups is 1. The highest BCUT2D eigenvalue weighted by molar-refractivity contribution is 6.05. The molecular weight excluding hydrogens is 322 g/mol. The van der Waals surface area contributed by atoms with Crippen molar-refractivity contribution < 1.29 is 24.2 Å². The molecule has 1 aromatic rings. The lowest BCUT2D eigenvalue weighted by Gasteiger charge is -2.24. The summed E-state index contributed by atoms with van der Waals surface area (Å²) in [6.45, 7) is 4.04. The highest BCUT2D eigenvalue weighted by Gasteiger charge is 2.28. The molecule has 6 nitrogen and oxygen atoms in total. The summed E-state index contributed by atoms with van der Waals surface area (Å²) in [6.07, 6.45) is 6.31. The highest BCUT2D eigenvalue weighted by Crippen LogP contribution is 2.35. The topological polar surface area (TPSA) is 76.1 Å². The first kappa shape index (κ1) is 18.3. The van der Waals surface area contributed by atoms with Crippen LogP contribution in [0.2, 0.25) is 0 Å². The molecule has 25 heavy (non-hydrogen) atoms. The maximum Gasteiger partial charge on any atom is 0.355 e. The first-order valence-electron chi connectivity index (χ1n) is 7.78. The summed E-state index contributed by atoms with van der Waals surface area (Å²) >= 11 is 0. The van der Waals surface area contributed by atoms with Gasteiger partial charge in [-0.15, -0.1) is 0 Å². The molecule has 0 aliphatic carbocycles. The van der Waals surface area contributed by atoms with Crippen molar-refractivity contribution in [3.8, 4) is 5.75 Å². The molecule has 0 saturated heterocycles. The molecule has 132 valence electrons.